The third kappa shape index (κ3) is 5.75. The van der Waals surface area contributed by atoms with Crippen LogP contribution in [-0.2, 0) is 13.0 Å². The smallest absolute Gasteiger partial charge is 0.130 e. The summed E-state index contributed by atoms with van der Waals surface area (Å²) in [5.41, 5.74) is 2.13. The van der Waals surface area contributed by atoms with Crippen LogP contribution in [0.3, 0.4) is 0 Å². The highest BCUT2D eigenvalue weighted by Crippen LogP contribution is 2.02. The topological polar surface area (TPSA) is 41.1 Å². The standard InChI is InChI=1S/C13H24N4/c1-10(2)14-9-12-8-11(3)15-13(16-12)6-7-17(4)5/h8,10,14H,6-7,9H2,1-5H3. The molecule has 1 heterocycles. The fourth-order valence-corrected chi connectivity index (χ4v) is 1.53. The van der Waals surface area contributed by atoms with E-state index in [2.05, 4.69) is 54.2 Å². The average Bonchev–Trinajstić information content (AvgIpc) is 2.23. The summed E-state index contributed by atoms with van der Waals surface area (Å²) in [5, 5.41) is 3.38. The summed E-state index contributed by atoms with van der Waals surface area (Å²) in [6.45, 7) is 8.11. The molecule has 0 saturated carbocycles. The summed E-state index contributed by atoms with van der Waals surface area (Å²) < 4.78 is 0. The van der Waals surface area contributed by atoms with Gasteiger partial charge in [0.15, 0.2) is 0 Å². The van der Waals surface area contributed by atoms with Gasteiger partial charge in [-0.05, 0) is 27.1 Å². The monoisotopic (exact) mass is 236 g/mol. The Kier molecular flexibility index (Phi) is 5.51. The Hall–Kier alpha value is -1.00. The van der Waals surface area contributed by atoms with Crippen LogP contribution >= 0.6 is 0 Å². The van der Waals surface area contributed by atoms with Gasteiger partial charge in [0.25, 0.3) is 0 Å². The molecule has 0 atom stereocenters. The van der Waals surface area contributed by atoms with Gasteiger partial charge in [0.05, 0.1) is 5.69 Å². The fraction of sp³-hybridized carbons (Fsp3) is 0.692. The molecule has 0 aromatic carbocycles. The maximum absolute atomic E-state index is 4.58. The Morgan fingerprint density at radius 2 is 2.00 bits per heavy atom. The van der Waals surface area contributed by atoms with Gasteiger partial charge in [0.2, 0.25) is 0 Å². The van der Waals surface area contributed by atoms with Crippen molar-refractivity contribution in [3.8, 4) is 0 Å². The van der Waals surface area contributed by atoms with E-state index in [1.165, 1.54) is 0 Å². The first-order valence-electron chi connectivity index (χ1n) is 6.19. The molecule has 0 amide bonds. The highest BCUT2D eigenvalue weighted by molar-refractivity contribution is 5.10. The Labute approximate surface area is 104 Å². The normalized spacial score (nSPS) is 11.5. The molecule has 4 heteroatoms. The molecule has 17 heavy (non-hydrogen) atoms. The van der Waals surface area contributed by atoms with Crippen LogP contribution in [0, 0.1) is 6.92 Å². The van der Waals surface area contributed by atoms with E-state index in [1.807, 2.05) is 6.92 Å². The third-order valence-electron chi connectivity index (χ3n) is 2.43. The summed E-state index contributed by atoms with van der Waals surface area (Å²) in [6.07, 6.45) is 0.906. The second-order valence-electron chi connectivity index (χ2n) is 5.01. The minimum atomic E-state index is 0.482. The Morgan fingerprint density at radius 3 is 2.59 bits per heavy atom. The van der Waals surface area contributed by atoms with Crippen molar-refractivity contribution in [1.82, 2.24) is 20.2 Å². The molecular formula is C13H24N4. The number of aryl methyl sites for hydroxylation is 1. The van der Waals surface area contributed by atoms with E-state index in [-0.39, 0.29) is 0 Å². The SMILES string of the molecule is Cc1cc(CNC(C)C)nc(CCN(C)C)n1. The second-order valence-corrected chi connectivity index (χ2v) is 5.01. The van der Waals surface area contributed by atoms with Crippen LogP contribution in [0.4, 0.5) is 0 Å². The molecule has 96 valence electrons. The second kappa shape index (κ2) is 6.67. The molecule has 0 bridgehead atoms. The van der Waals surface area contributed by atoms with Crippen molar-refractivity contribution >= 4 is 0 Å². The van der Waals surface area contributed by atoms with Crippen molar-refractivity contribution in [2.24, 2.45) is 0 Å². The molecular weight excluding hydrogens is 212 g/mol. The van der Waals surface area contributed by atoms with Crippen molar-refractivity contribution in [2.45, 2.75) is 39.8 Å². The lowest BCUT2D eigenvalue weighted by Gasteiger charge is -2.11. The fourth-order valence-electron chi connectivity index (χ4n) is 1.53. The molecule has 0 unspecified atom stereocenters. The summed E-state index contributed by atoms with van der Waals surface area (Å²) in [7, 11) is 4.13. The zero-order chi connectivity index (χ0) is 12.8. The van der Waals surface area contributed by atoms with E-state index >= 15 is 0 Å². The highest BCUT2D eigenvalue weighted by atomic mass is 15.1. The molecule has 0 fully saturated rings. The van der Waals surface area contributed by atoms with Crippen LogP contribution in [0.5, 0.6) is 0 Å². The van der Waals surface area contributed by atoms with Crippen molar-refractivity contribution in [2.75, 3.05) is 20.6 Å². The summed E-state index contributed by atoms with van der Waals surface area (Å²) in [6, 6.07) is 2.53. The highest BCUT2D eigenvalue weighted by Gasteiger charge is 2.03. The predicted molar refractivity (Wildman–Crippen MR) is 71.0 cm³/mol. The van der Waals surface area contributed by atoms with E-state index in [1.54, 1.807) is 0 Å². The van der Waals surface area contributed by atoms with E-state index in [4.69, 9.17) is 0 Å². The largest absolute Gasteiger partial charge is 0.309 e. The lowest BCUT2D eigenvalue weighted by Crippen LogP contribution is -2.23. The molecule has 0 spiro atoms. The van der Waals surface area contributed by atoms with Crippen LogP contribution in [-0.4, -0.2) is 41.5 Å². The van der Waals surface area contributed by atoms with Crippen molar-refractivity contribution in [1.29, 1.82) is 0 Å². The zero-order valence-corrected chi connectivity index (χ0v) is 11.6. The predicted octanol–water partition coefficient (Wildman–Crippen LogP) is 1.39. The quantitative estimate of drug-likeness (QED) is 0.810. The number of nitrogens with one attached hydrogen (secondary N) is 1. The number of hydrogen-bond acceptors (Lipinski definition) is 4. The minimum absolute atomic E-state index is 0.482. The average molecular weight is 236 g/mol. The van der Waals surface area contributed by atoms with E-state index in [0.717, 1.165) is 36.7 Å². The van der Waals surface area contributed by atoms with Gasteiger partial charge in [-0.3, -0.25) is 0 Å². The molecule has 1 N–H and O–H groups in total. The Balaban J connectivity index is 2.65. The molecule has 0 aliphatic rings. The van der Waals surface area contributed by atoms with Gasteiger partial charge in [-0.25, -0.2) is 9.97 Å². The molecule has 0 radical (unpaired) electrons. The van der Waals surface area contributed by atoms with Crippen LogP contribution in [0.25, 0.3) is 0 Å². The molecule has 1 aromatic rings. The van der Waals surface area contributed by atoms with Gasteiger partial charge >= 0.3 is 0 Å². The number of hydrogen-bond donors (Lipinski definition) is 1. The third-order valence-corrected chi connectivity index (χ3v) is 2.43. The molecule has 0 aliphatic heterocycles. The van der Waals surface area contributed by atoms with Gasteiger partial charge in [-0.15, -0.1) is 0 Å². The Bertz CT molecular complexity index is 317. The van der Waals surface area contributed by atoms with E-state index < -0.39 is 0 Å². The number of nitrogens with zero attached hydrogens (tertiary/aromatic N) is 3. The lowest BCUT2D eigenvalue weighted by molar-refractivity contribution is 0.409. The maximum atomic E-state index is 4.58. The van der Waals surface area contributed by atoms with Crippen LogP contribution in [0.2, 0.25) is 0 Å². The van der Waals surface area contributed by atoms with Crippen molar-refractivity contribution in [3.05, 3.63) is 23.3 Å². The molecule has 1 rings (SSSR count). The van der Waals surface area contributed by atoms with E-state index in [9.17, 15) is 0 Å². The first-order chi connectivity index (χ1) is 7.97. The first-order valence-corrected chi connectivity index (χ1v) is 6.19. The molecule has 4 nitrogen and oxygen atoms in total. The lowest BCUT2D eigenvalue weighted by atomic mass is 10.3. The number of likely N-dealkylation sites (N-methyl/N-ethyl adjacent to an activating group) is 1. The van der Waals surface area contributed by atoms with Crippen LogP contribution in [0.15, 0.2) is 6.07 Å². The summed E-state index contributed by atoms with van der Waals surface area (Å²) in [4.78, 5) is 11.2. The van der Waals surface area contributed by atoms with Gasteiger partial charge in [-0.1, -0.05) is 13.8 Å². The molecule has 1 aromatic heterocycles. The Morgan fingerprint density at radius 1 is 1.29 bits per heavy atom. The maximum Gasteiger partial charge on any atom is 0.130 e. The zero-order valence-electron chi connectivity index (χ0n) is 11.6. The van der Waals surface area contributed by atoms with Crippen molar-refractivity contribution in [3.63, 3.8) is 0 Å². The molecule has 0 aliphatic carbocycles. The van der Waals surface area contributed by atoms with E-state index in [0.29, 0.717) is 6.04 Å². The number of rotatable bonds is 6. The van der Waals surface area contributed by atoms with Gasteiger partial charge in [-0.2, -0.15) is 0 Å². The van der Waals surface area contributed by atoms with Crippen molar-refractivity contribution < 1.29 is 0 Å². The van der Waals surface area contributed by atoms with Gasteiger partial charge in [0.1, 0.15) is 5.82 Å². The first kappa shape index (κ1) is 14.1. The van der Waals surface area contributed by atoms with Gasteiger partial charge in [0, 0.05) is 31.2 Å². The summed E-state index contributed by atoms with van der Waals surface area (Å²) in [5.74, 6) is 0.944. The van der Waals surface area contributed by atoms with Gasteiger partial charge < -0.3 is 10.2 Å². The molecule has 0 saturated heterocycles. The summed E-state index contributed by atoms with van der Waals surface area (Å²) >= 11 is 0. The van der Waals surface area contributed by atoms with Crippen LogP contribution in [0.1, 0.15) is 31.1 Å². The number of aromatic nitrogens is 2. The minimum Gasteiger partial charge on any atom is -0.309 e. The van der Waals surface area contributed by atoms with Crippen LogP contribution < -0.4 is 5.32 Å².